The molecule has 0 spiro atoms. The van der Waals surface area contributed by atoms with Gasteiger partial charge in [-0.05, 0) is 25.0 Å². The summed E-state index contributed by atoms with van der Waals surface area (Å²) in [7, 11) is 0. The van der Waals surface area contributed by atoms with E-state index in [1.54, 1.807) is 0 Å². The van der Waals surface area contributed by atoms with Crippen molar-refractivity contribution in [2.24, 2.45) is 5.73 Å². The number of rotatable bonds is 6. The smallest absolute Gasteiger partial charge is 0.0657 e. The predicted molar refractivity (Wildman–Crippen MR) is 112 cm³/mol. The van der Waals surface area contributed by atoms with E-state index in [0.717, 1.165) is 59.8 Å². The van der Waals surface area contributed by atoms with E-state index < -0.39 is 0 Å². The Morgan fingerprint density at radius 1 is 1.16 bits per heavy atom. The molecule has 1 aliphatic rings. The summed E-state index contributed by atoms with van der Waals surface area (Å²) in [6, 6.07) is 8.30. The molecule has 0 aliphatic carbocycles. The largest absolute Gasteiger partial charge is 0.396 e. The highest BCUT2D eigenvalue weighted by molar-refractivity contribution is 5.81. The van der Waals surface area contributed by atoms with Gasteiger partial charge in [-0.15, -0.1) is 0 Å². The Morgan fingerprint density at radius 2 is 1.84 bits per heavy atom. The van der Waals surface area contributed by atoms with Crippen molar-refractivity contribution in [1.82, 2.24) is 5.32 Å². The molecule has 0 fully saturated rings. The van der Waals surface area contributed by atoms with Crippen LogP contribution in [0, 0.1) is 0 Å². The number of likely N-dealkylation sites (N-methyl/N-ethyl adjacent to an activating group) is 1. The van der Waals surface area contributed by atoms with E-state index in [9.17, 15) is 0 Å². The summed E-state index contributed by atoms with van der Waals surface area (Å²) in [6.07, 6.45) is 4.82. The molecule has 2 rings (SSSR count). The maximum absolute atomic E-state index is 6.57. The number of nitrogens with two attached hydrogens (primary N) is 1. The Kier molecular flexibility index (Phi) is 8.62. The lowest BCUT2D eigenvalue weighted by Gasteiger charge is -2.31. The Morgan fingerprint density at radius 3 is 2.40 bits per heavy atom. The number of benzene rings is 1. The van der Waals surface area contributed by atoms with E-state index in [4.69, 9.17) is 5.73 Å². The lowest BCUT2D eigenvalue weighted by atomic mass is 9.96. The van der Waals surface area contributed by atoms with Gasteiger partial charge in [0.05, 0.1) is 11.4 Å². The van der Waals surface area contributed by atoms with Gasteiger partial charge in [0, 0.05) is 36.5 Å². The van der Waals surface area contributed by atoms with Gasteiger partial charge in [-0.1, -0.05) is 64.3 Å². The van der Waals surface area contributed by atoms with Crippen LogP contribution < -0.4 is 16.0 Å². The normalized spacial score (nSPS) is 19.8. The van der Waals surface area contributed by atoms with E-state index in [0.29, 0.717) is 0 Å². The summed E-state index contributed by atoms with van der Waals surface area (Å²) in [6.45, 7) is 18.9. The quantitative estimate of drug-likeness (QED) is 0.778. The molecule has 0 radical (unpaired) electrons. The molecule has 0 saturated heterocycles. The molecule has 0 unspecified atom stereocenters. The van der Waals surface area contributed by atoms with Crippen molar-refractivity contribution < 1.29 is 0 Å². The van der Waals surface area contributed by atoms with Gasteiger partial charge in [-0.25, -0.2) is 0 Å². The molecule has 3 heteroatoms. The fraction of sp³-hybridized carbons (Fsp3) is 0.364. The van der Waals surface area contributed by atoms with Gasteiger partial charge in [-0.3, -0.25) is 0 Å². The van der Waals surface area contributed by atoms with Crippen LogP contribution in [0.2, 0.25) is 0 Å². The standard InChI is InChI=1S/C20H27N3.C2H6/c1-5-13-22-20-16(7-3)15(6-2)14-23(8-4)18-12-10-9-11-17(18)19(20)21;1-2/h6-7,9-12,22H,2-3,5,8,13-14,21H2,1,4H3;1-2H3/b16-15-,20-19-;. The molecule has 3 nitrogen and oxygen atoms in total. The van der Waals surface area contributed by atoms with Crippen molar-refractivity contribution in [2.45, 2.75) is 34.1 Å². The zero-order chi connectivity index (χ0) is 18.8. The van der Waals surface area contributed by atoms with Crippen LogP contribution in [0.15, 0.2) is 66.4 Å². The van der Waals surface area contributed by atoms with Crippen molar-refractivity contribution in [3.63, 3.8) is 0 Å². The minimum absolute atomic E-state index is 0.765. The topological polar surface area (TPSA) is 41.3 Å². The molecule has 1 aromatic rings. The maximum atomic E-state index is 6.57. The molecule has 1 aliphatic heterocycles. The average Bonchev–Trinajstić information content (AvgIpc) is 2.67. The van der Waals surface area contributed by atoms with Gasteiger partial charge in [0.2, 0.25) is 0 Å². The van der Waals surface area contributed by atoms with Gasteiger partial charge >= 0.3 is 0 Å². The van der Waals surface area contributed by atoms with Crippen molar-refractivity contribution in [1.29, 1.82) is 0 Å². The predicted octanol–water partition coefficient (Wildman–Crippen LogP) is 4.85. The van der Waals surface area contributed by atoms with Crippen LogP contribution >= 0.6 is 0 Å². The first-order valence-corrected chi connectivity index (χ1v) is 9.24. The molecule has 0 saturated carbocycles. The van der Waals surface area contributed by atoms with Crippen LogP contribution in [0.3, 0.4) is 0 Å². The average molecular weight is 340 g/mol. The molecule has 136 valence electrons. The summed E-state index contributed by atoms with van der Waals surface area (Å²) in [5.74, 6) is 0. The lowest BCUT2D eigenvalue weighted by Crippen LogP contribution is -2.30. The summed E-state index contributed by atoms with van der Waals surface area (Å²) < 4.78 is 0. The zero-order valence-electron chi connectivity index (χ0n) is 16.2. The van der Waals surface area contributed by atoms with Crippen LogP contribution in [-0.4, -0.2) is 19.6 Å². The van der Waals surface area contributed by atoms with Crippen molar-refractivity contribution in [3.05, 3.63) is 72.0 Å². The van der Waals surface area contributed by atoms with Gasteiger partial charge in [0.25, 0.3) is 0 Å². The molecule has 25 heavy (non-hydrogen) atoms. The second-order valence-corrected chi connectivity index (χ2v) is 5.59. The van der Waals surface area contributed by atoms with Crippen LogP contribution in [-0.2, 0) is 0 Å². The first-order chi connectivity index (χ1) is 12.2. The minimum atomic E-state index is 0.765. The third kappa shape index (κ3) is 4.56. The highest BCUT2D eigenvalue weighted by atomic mass is 15.1. The molecular formula is C22H33N3. The van der Waals surface area contributed by atoms with Gasteiger partial charge in [-0.2, -0.15) is 0 Å². The van der Waals surface area contributed by atoms with Crippen LogP contribution in [0.5, 0.6) is 0 Å². The number of nitrogens with one attached hydrogen (secondary N) is 1. The first kappa shape index (κ1) is 20.6. The molecule has 1 aromatic carbocycles. The summed E-state index contributed by atoms with van der Waals surface area (Å²) in [4.78, 5) is 2.32. The van der Waals surface area contributed by atoms with E-state index in [1.807, 2.05) is 32.1 Å². The highest BCUT2D eigenvalue weighted by Gasteiger charge is 2.21. The first-order valence-electron chi connectivity index (χ1n) is 9.24. The molecule has 0 bridgehead atoms. The van der Waals surface area contributed by atoms with E-state index in [1.165, 1.54) is 0 Å². The Labute approximate surface area is 153 Å². The number of nitrogens with zero attached hydrogens (tertiary/aromatic N) is 1. The van der Waals surface area contributed by atoms with E-state index in [-0.39, 0.29) is 0 Å². The number of hydrogen-bond acceptors (Lipinski definition) is 3. The third-order valence-electron chi connectivity index (χ3n) is 4.16. The number of anilines is 1. The maximum Gasteiger partial charge on any atom is 0.0657 e. The van der Waals surface area contributed by atoms with E-state index in [2.05, 4.69) is 55.4 Å². The summed E-state index contributed by atoms with van der Waals surface area (Å²) >= 11 is 0. The van der Waals surface area contributed by atoms with Crippen molar-refractivity contribution >= 4 is 11.4 Å². The minimum Gasteiger partial charge on any atom is -0.396 e. The molecule has 0 atom stereocenters. The zero-order valence-corrected chi connectivity index (χ0v) is 16.2. The van der Waals surface area contributed by atoms with Crippen LogP contribution in [0.4, 0.5) is 5.69 Å². The molecule has 1 heterocycles. The van der Waals surface area contributed by atoms with E-state index >= 15 is 0 Å². The Bertz CT molecular complexity index is 653. The fourth-order valence-corrected chi connectivity index (χ4v) is 2.92. The van der Waals surface area contributed by atoms with Crippen LogP contribution in [0.25, 0.3) is 5.70 Å². The van der Waals surface area contributed by atoms with Crippen molar-refractivity contribution in [2.75, 3.05) is 24.5 Å². The summed E-state index contributed by atoms with van der Waals surface area (Å²) in [5, 5.41) is 3.49. The molecule has 0 amide bonds. The monoisotopic (exact) mass is 339 g/mol. The Balaban J connectivity index is 0.00000151. The number of para-hydroxylation sites is 1. The lowest BCUT2D eigenvalue weighted by molar-refractivity contribution is 0.774. The molecule has 3 N–H and O–H groups in total. The second kappa shape index (κ2) is 10.4. The SMILES string of the molecule is C=C/C1=C(C=C)/C(NCCC)=C(/N)c2ccccc2N(CC)C1.CC. The number of hydrogen-bond donors (Lipinski definition) is 2. The van der Waals surface area contributed by atoms with Crippen molar-refractivity contribution in [3.8, 4) is 0 Å². The molecule has 0 aromatic heterocycles. The van der Waals surface area contributed by atoms with Gasteiger partial charge in [0.1, 0.15) is 0 Å². The van der Waals surface area contributed by atoms with Crippen LogP contribution in [0.1, 0.15) is 39.7 Å². The fourth-order valence-electron chi connectivity index (χ4n) is 2.92. The second-order valence-electron chi connectivity index (χ2n) is 5.59. The number of fused-ring (bicyclic) bond motifs is 1. The summed E-state index contributed by atoms with van der Waals surface area (Å²) in [5.41, 5.74) is 12.7. The van der Waals surface area contributed by atoms with Gasteiger partial charge in [0.15, 0.2) is 0 Å². The Hall–Kier alpha value is -2.42. The number of allylic oxidation sites excluding steroid dienone is 1. The van der Waals surface area contributed by atoms with Gasteiger partial charge < -0.3 is 16.0 Å². The highest BCUT2D eigenvalue weighted by Crippen LogP contribution is 2.32. The molecular weight excluding hydrogens is 306 g/mol. The third-order valence-corrected chi connectivity index (χ3v) is 4.16.